The highest BCUT2D eigenvalue weighted by Gasteiger charge is 2.36. The van der Waals surface area contributed by atoms with Crippen molar-refractivity contribution in [3.05, 3.63) is 0 Å². The van der Waals surface area contributed by atoms with Crippen LogP contribution >= 0.6 is 0 Å². The Balaban J connectivity index is 1.67. The molecule has 0 aromatic heterocycles. The van der Waals surface area contributed by atoms with E-state index in [9.17, 15) is 14.7 Å². The average Bonchev–Trinajstić information content (AvgIpc) is 2.85. The smallest absolute Gasteiger partial charge is 0.308 e. The van der Waals surface area contributed by atoms with Gasteiger partial charge >= 0.3 is 5.97 Å². The summed E-state index contributed by atoms with van der Waals surface area (Å²) in [5.74, 6) is -0.101. The van der Waals surface area contributed by atoms with Gasteiger partial charge in [0.15, 0.2) is 0 Å². The van der Waals surface area contributed by atoms with Crippen molar-refractivity contribution in [3.8, 4) is 0 Å². The van der Waals surface area contributed by atoms with Crippen LogP contribution in [0.2, 0.25) is 0 Å². The van der Waals surface area contributed by atoms with Gasteiger partial charge in [-0.05, 0) is 39.0 Å². The molecule has 1 atom stereocenters. The number of hydrogen-bond donors (Lipinski definition) is 3. The van der Waals surface area contributed by atoms with E-state index in [4.69, 9.17) is 4.74 Å². The highest BCUT2D eigenvalue weighted by Crippen LogP contribution is 2.32. The van der Waals surface area contributed by atoms with Crippen LogP contribution in [0.5, 0.6) is 0 Å². The van der Waals surface area contributed by atoms with Gasteiger partial charge in [-0.1, -0.05) is 0 Å². The Hall–Kier alpha value is -1.14. The third-order valence-electron chi connectivity index (χ3n) is 4.47. The van der Waals surface area contributed by atoms with Crippen molar-refractivity contribution in [2.75, 3.05) is 19.7 Å². The molecule has 1 unspecified atom stereocenters. The molecule has 1 amide bonds. The fraction of sp³-hybridized carbons (Fsp3) is 0.867. The minimum absolute atomic E-state index is 0.0701. The zero-order valence-corrected chi connectivity index (χ0v) is 12.7. The molecule has 0 bridgehead atoms. The number of carbonyl (C=O) groups excluding carboxylic acids is 2. The summed E-state index contributed by atoms with van der Waals surface area (Å²) < 4.78 is 5.03. The molecule has 0 aromatic rings. The Kier molecular flexibility index (Phi) is 5.58. The van der Waals surface area contributed by atoms with Gasteiger partial charge in [0.25, 0.3) is 0 Å². The minimum atomic E-state index is -0.744. The molecule has 0 aromatic carbocycles. The van der Waals surface area contributed by atoms with Crippen LogP contribution in [0.1, 0.15) is 45.4 Å². The van der Waals surface area contributed by atoms with E-state index >= 15 is 0 Å². The molecule has 1 saturated heterocycles. The first kappa shape index (κ1) is 16.2. The molecule has 6 nitrogen and oxygen atoms in total. The standard InChI is InChI=1S/C15H26N2O4/c1-2-21-14(19)11-5-7-15(20,8-6-11)10-16-9-12-3-4-13(18)17-12/h11-12,16,20H,2-10H2,1H3,(H,17,18). The fourth-order valence-corrected chi connectivity index (χ4v) is 3.14. The van der Waals surface area contributed by atoms with Crippen LogP contribution in [0.3, 0.4) is 0 Å². The topological polar surface area (TPSA) is 87.7 Å². The Morgan fingerprint density at radius 2 is 2.14 bits per heavy atom. The normalized spacial score (nSPS) is 32.8. The summed E-state index contributed by atoms with van der Waals surface area (Å²) in [5.41, 5.74) is -0.744. The SMILES string of the molecule is CCOC(=O)C1CCC(O)(CNCC2CCC(=O)N2)CC1. The van der Waals surface area contributed by atoms with Gasteiger partial charge in [-0.25, -0.2) is 0 Å². The van der Waals surface area contributed by atoms with Crippen LogP contribution in [-0.4, -0.2) is 48.3 Å². The Morgan fingerprint density at radius 1 is 1.43 bits per heavy atom. The summed E-state index contributed by atoms with van der Waals surface area (Å²) >= 11 is 0. The predicted molar refractivity (Wildman–Crippen MR) is 77.6 cm³/mol. The van der Waals surface area contributed by atoms with E-state index in [1.807, 2.05) is 6.92 Å². The summed E-state index contributed by atoms with van der Waals surface area (Å²) in [6.45, 7) is 3.42. The number of hydrogen-bond acceptors (Lipinski definition) is 5. The van der Waals surface area contributed by atoms with Crippen molar-refractivity contribution >= 4 is 11.9 Å². The molecule has 1 aliphatic heterocycles. The molecular formula is C15H26N2O4. The van der Waals surface area contributed by atoms with E-state index in [1.54, 1.807) is 0 Å². The van der Waals surface area contributed by atoms with Crippen LogP contribution in [0.25, 0.3) is 0 Å². The summed E-state index contributed by atoms with van der Waals surface area (Å²) in [6.07, 6.45) is 4.03. The number of esters is 1. The van der Waals surface area contributed by atoms with E-state index < -0.39 is 5.60 Å². The Bertz CT molecular complexity index is 378. The van der Waals surface area contributed by atoms with Crippen LogP contribution in [0, 0.1) is 5.92 Å². The van der Waals surface area contributed by atoms with Gasteiger partial charge in [0.05, 0.1) is 18.1 Å². The third-order valence-corrected chi connectivity index (χ3v) is 4.47. The number of aliphatic hydroxyl groups is 1. The summed E-state index contributed by atoms with van der Waals surface area (Å²) in [7, 11) is 0. The lowest BCUT2D eigenvalue weighted by Gasteiger charge is -2.35. The molecule has 3 N–H and O–H groups in total. The van der Waals surface area contributed by atoms with Crippen molar-refractivity contribution in [2.45, 2.75) is 57.1 Å². The Morgan fingerprint density at radius 3 is 2.71 bits per heavy atom. The minimum Gasteiger partial charge on any atom is -0.466 e. The molecule has 0 spiro atoms. The molecule has 120 valence electrons. The lowest BCUT2D eigenvalue weighted by Crippen LogP contribution is -2.47. The van der Waals surface area contributed by atoms with Gasteiger partial charge in [-0.15, -0.1) is 0 Å². The molecule has 6 heteroatoms. The maximum atomic E-state index is 11.7. The number of amides is 1. The van der Waals surface area contributed by atoms with E-state index in [1.165, 1.54) is 0 Å². The Labute approximate surface area is 125 Å². The van der Waals surface area contributed by atoms with Crippen molar-refractivity contribution in [1.29, 1.82) is 0 Å². The second-order valence-electron chi connectivity index (χ2n) is 6.18. The second-order valence-corrected chi connectivity index (χ2v) is 6.18. The fourth-order valence-electron chi connectivity index (χ4n) is 3.14. The zero-order valence-electron chi connectivity index (χ0n) is 12.7. The molecular weight excluding hydrogens is 272 g/mol. The van der Waals surface area contributed by atoms with Crippen molar-refractivity contribution < 1.29 is 19.4 Å². The third kappa shape index (κ3) is 4.68. The van der Waals surface area contributed by atoms with Gasteiger partial charge in [0, 0.05) is 25.6 Å². The summed E-state index contributed by atoms with van der Waals surface area (Å²) in [5, 5.41) is 16.7. The lowest BCUT2D eigenvalue weighted by atomic mass is 9.78. The van der Waals surface area contributed by atoms with Crippen LogP contribution in [-0.2, 0) is 14.3 Å². The second kappa shape index (κ2) is 7.22. The first-order valence-electron chi connectivity index (χ1n) is 7.91. The monoisotopic (exact) mass is 298 g/mol. The van der Waals surface area contributed by atoms with Crippen LogP contribution in [0.4, 0.5) is 0 Å². The molecule has 1 heterocycles. The summed E-state index contributed by atoms with van der Waals surface area (Å²) in [6, 6.07) is 0.178. The highest BCUT2D eigenvalue weighted by molar-refractivity contribution is 5.78. The molecule has 0 radical (unpaired) electrons. The van der Waals surface area contributed by atoms with Crippen LogP contribution in [0.15, 0.2) is 0 Å². The van der Waals surface area contributed by atoms with Crippen molar-refractivity contribution in [3.63, 3.8) is 0 Å². The van der Waals surface area contributed by atoms with E-state index in [2.05, 4.69) is 10.6 Å². The summed E-state index contributed by atoms with van der Waals surface area (Å²) in [4.78, 5) is 22.8. The number of nitrogens with one attached hydrogen (secondary N) is 2. The highest BCUT2D eigenvalue weighted by atomic mass is 16.5. The molecule has 21 heavy (non-hydrogen) atoms. The largest absolute Gasteiger partial charge is 0.466 e. The van der Waals surface area contributed by atoms with Gasteiger partial charge in [0.2, 0.25) is 5.91 Å². The van der Waals surface area contributed by atoms with E-state index in [-0.39, 0.29) is 23.8 Å². The van der Waals surface area contributed by atoms with Crippen molar-refractivity contribution in [1.82, 2.24) is 10.6 Å². The first-order valence-corrected chi connectivity index (χ1v) is 7.91. The zero-order chi connectivity index (χ0) is 15.3. The number of carbonyl (C=O) groups is 2. The molecule has 1 saturated carbocycles. The van der Waals surface area contributed by atoms with Gasteiger partial charge < -0.3 is 20.5 Å². The van der Waals surface area contributed by atoms with Gasteiger partial charge in [-0.2, -0.15) is 0 Å². The van der Waals surface area contributed by atoms with E-state index in [0.29, 0.717) is 51.8 Å². The van der Waals surface area contributed by atoms with Crippen molar-refractivity contribution in [2.24, 2.45) is 5.92 Å². The number of rotatable bonds is 6. The van der Waals surface area contributed by atoms with E-state index in [0.717, 1.165) is 6.42 Å². The van der Waals surface area contributed by atoms with Gasteiger partial charge in [-0.3, -0.25) is 9.59 Å². The van der Waals surface area contributed by atoms with Crippen LogP contribution < -0.4 is 10.6 Å². The molecule has 2 fully saturated rings. The van der Waals surface area contributed by atoms with Gasteiger partial charge in [0.1, 0.15) is 0 Å². The maximum absolute atomic E-state index is 11.7. The first-order chi connectivity index (χ1) is 10.0. The lowest BCUT2D eigenvalue weighted by molar-refractivity contribution is -0.151. The molecule has 1 aliphatic carbocycles. The predicted octanol–water partition coefficient (Wildman–Crippen LogP) is 0.339. The maximum Gasteiger partial charge on any atom is 0.308 e. The molecule has 2 rings (SSSR count). The number of ether oxygens (including phenoxy) is 1. The quantitative estimate of drug-likeness (QED) is 0.616. The average molecular weight is 298 g/mol. The molecule has 2 aliphatic rings.